The summed E-state index contributed by atoms with van der Waals surface area (Å²) in [7, 11) is 0. The largest absolute Gasteiger partial charge is 0.298 e. The molecule has 7 aromatic carbocycles. The normalized spacial score (nSPS) is 12.2. The summed E-state index contributed by atoms with van der Waals surface area (Å²) in [6.07, 6.45) is 5.52. The van der Waals surface area contributed by atoms with Crippen molar-refractivity contribution in [2.45, 2.75) is 6.42 Å². The molecule has 0 saturated carbocycles. The van der Waals surface area contributed by atoms with Gasteiger partial charge < -0.3 is 0 Å². The summed E-state index contributed by atoms with van der Waals surface area (Å²) in [5.41, 5.74) is 16.8. The number of benzene rings is 7. The summed E-state index contributed by atoms with van der Waals surface area (Å²) >= 11 is 0. The molecular weight excluding hydrogens is 631 g/mol. The topological polar surface area (TPSA) is 21.2 Å². The molecule has 0 saturated heterocycles. The number of hydrogen-bond donors (Lipinski definition) is 0. The van der Waals surface area contributed by atoms with Crippen LogP contribution < -0.4 is 4.57 Å². The lowest BCUT2D eigenvalue weighted by Crippen LogP contribution is -2.32. The fraction of sp³-hybridized carbons (Fsp3) is 0.0204. The van der Waals surface area contributed by atoms with Gasteiger partial charge in [-0.15, -0.1) is 0 Å². The predicted octanol–water partition coefficient (Wildman–Crippen LogP) is 11.6. The molecule has 0 unspecified atom stereocenters. The van der Waals surface area contributed by atoms with Gasteiger partial charge in [-0.25, -0.2) is 4.98 Å². The van der Waals surface area contributed by atoms with Gasteiger partial charge in [-0.05, 0) is 57.0 Å². The zero-order valence-electron chi connectivity index (χ0n) is 28.4. The molecule has 4 heterocycles. The second kappa shape index (κ2) is 11.3. The van der Waals surface area contributed by atoms with Crippen LogP contribution in [0.3, 0.4) is 0 Å². The molecule has 0 fully saturated rings. The molecule has 3 aromatic heterocycles. The summed E-state index contributed by atoms with van der Waals surface area (Å²) in [6, 6.07) is 61.4. The Morgan fingerprint density at radius 2 is 1.02 bits per heavy atom. The highest BCUT2D eigenvalue weighted by Crippen LogP contribution is 2.37. The Balaban J connectivity index is 0.982. The molecule has 0 spiro atoms. The molecule has 0 aliphatic carbocycles. The van der Waals surface area contributed by atoms with Crippen molar-refractivity contribution in [2.24, 2.45) is 0 Å². The third-order valence-corrected chi connectivity index (χ3v) is 10.9. The number of rotatable bonds is 4. The van der Waals surface area contributed by atoms with Gasteiger partial charge in [-0.1, -0.05) is 146 Å². The molecule has 52 heavy (non-hydrogen) atoms. The molecule has 0 atom stereocenters. The van der Waals surface area contributed by atoms with E-state index in [2.05, 4.69) is 191 Å². The first-order chi connectivity index (χ1) is 25.8. The zero-order valence-corrected chi connectivity index (χ0v) is 28.4. The van der Waals surface area contributed by atoms with Crippen LogP contribution in [0.1, 0.15) is 11.3 Å². The van der Waals surface area contributed by atoms with E-state index in [1.807, 2.05) is 0 Å². The van der Waals surface area contributed by atoms with Crippen molar-refractivity contribution in [1.29, 1.82) is 0 Å². The van der Waals surface area contributed by atoms with Crippen molar-refractivity contribution >= 4 is 38.2 Å². The molecule has 0 amide bonds. The van der Waals surface area contributed by atoms with E-state index in [1.54, 1.807) is 0 Å². The molecule has 11 rings (SSSR count). The van der Waals surface area contributed by atoms with Gasteiger partial charge in [0.25, 0.3) is 0 Å². The maximum Gasteiger partial charge on any atom is 0.215 e. The maximum atomic E-state index is 5.11. The van der Waals surface area contributed by atoms with Crippen molar-refractivity contribution < 1.29 is 4.57 Å². The fourth-order valence-electron chi connectivity index (χ4n) is 8.32. The third-order valence-electron chi connectivity index (χ3n) is 10.9. The zero-order chi connectivity index (χ0) is 34.2. The highest BCUT2D eigenvalue weighted by molar-refractivity contribution is 6.06. The highest BCUT2D eigenvalue weighted by atomic mass is 15.0. The minimum Gasteiger partial charge on any atom is -0.298 e. The number of imidazole rings is 1. The van der Waals surface area contributed by atoms with E-state index in [1.165, 1.54) is 77.6 Å². The quantitative estimate of drug-likeness (QED) is 0.172. The van der Waals surface area contributed by atoms with E-state index in [4.69, 9.17) is 4.98 Å². The van der Waals surface area contributed by atoms with Gasteiger partial charge in [0.2, 0.25) is 5.69 Å². The van der Waals surface area contributed by atoms with Gasteiger partial charge in [-0.2, -0.15) is 4.57 Å². The Bertz CT molecular complexity index is 3010. The van der Waals surface area contributed by atoms with Crippen LogP contribution in [-0.2, 0) is 6.42 Å². The molecule has 1 aliphatic heterocycles. The Hall–Kier alpha value is -6.84. The Morgan fingerprint density at radius 1 is 0.462 bits per heavy atom. The summed E-state index contributed by atoms with van der Waals surface area (Å²) in [5.74, 6) is 0. The average molecular weight is 663 g/mol. The van der Waals surface area contributed by atoms with Crippen LogP contribution in [0.25, 0.3) is 88.4 Å². The van der Waals surface area contributed by atoms with Crippen LogP contribution in [0.15, 0.2) is 182 Å². The van der Waals surface area contributed by atoms with E-state index in [-0.39, 0.29) is 0 Å². The Morgan fingerprint density at radius 3 is 1.73 bits per heavy atom. The van der Waals surface area contributed by atoms with Crippen molar-refractivity contribution in [1.82, 2.24) is 9.38 Å². The molecular formula is C49H32N3+. The minimum atomic E-state index is 0.929. The van der Waals surface area contributed by atoms with Gasteiger partial charge in [0.15, 0.2) is 11.9 Å². The molecule has 1 aliphatic rings. The van der Waals surface area contributed by atoms with Crippen LogP contribution >= 0.6 is 0 Å². The first-order valence-corrected chi connectivity index (χ1v) is 17.9. The van der Waals surface area contributed by atoms with Crippen LogP contribution in [0.4, 0.5) is 0 Å². The molecule has 3 heteroatoms. The average Bonchev–Trinajstić information content (AvgIpc) is 3.79. The molecule has 0 radical (unpaired) electrons. The van der Waals surface area contributed by atoms with Crippen molar-refractivity contribution in [3.05, 3.63) is 194 Å². The van der Waals surface area contributed by atoms with Crippen LogP contribution in [0.2, 0.25) is 0 Å². The van der Waals surface area contributed by atoms with E-state index in [9.17, 15) is 0 Å². The number of fused-ring (bicyclic) bond motifs is 10. The van der Waals surface area contributed by atoms with Gasteiger partial charge in [0.1, 0.15) is 5.65 Å². The van der Waals surface area contributed by atoms with Gasteiger partial charge in [0, 0.05) is 34.2 Å². The predicted molar refractivity (Wildman–Crippen MR) is 214 cm³/mol. The van der Waals surface area contributed by atoms with Gasteiger partial charge >= 0.3 is 0 Å². The van der Waals surface area contributed by atoms with E-state index < -0.39 is 0 Å². The summed E-state index contributed by atoms with van der Waals surface area (Å²) in [6.45, 7) is 0. The monoisotopic (exact) mass is 662 g/mol. The molecule has 10 aromatic rings. The first kappa shape index (κ1) is 28.9. The lowest BCUT2D eigenvalue weighted by atomic mass is 9.98. The molecule has 3 nitrogen and oxygen atoms in total. The van der Waals surface area contributed by atoms with E-state index >= 15 is 0 Å². The van der Waals surface area contributed by atoms with Crippen LogP contribution in [0.5, 0.6) is 0 Å². The minimum absolute atomic E-state index is 0.929. The first-order valence-electron chi connectivity index (χ1n) is 17.9. The molecule has 0 bridgehead atoms. The third kappa shape index (κ3) is 4.46. The Kier molecular flexibility index (Phi) is 6.31. The number of hydrogen-bond acceptors (Lipinski definition) is 1. The van der Waals surface area contributed by atoms with Crippen molar-refractivity contribution in [2.75, 3.05) is 0 Å². The number of nitrogens with zero attached hydrogens (tertiary/aromatic N) is 3. The number of aromatic nitrogens is 3. The van der Waals surface area contributed by atoms with Gasteiger partial charge in [0.05, 0.1) is 28.4 Å². The Labute approximate surface area is 301 Å². The second-order valence-electron chi connectivity index (χ2n) is 13.8. The smallest absolute Gasteiger partial charge is 0.215 e. The second-order valence-corrected chi connectivity index (χ2v) is 13.8. The lowest BCUT2D eigenvalue weighted by Gasteiger charge is -2.10. The highest BCUT2D eigenvalue weighted by Gasteiger charge is 2.31. The standard InChI is InChI=1S/C49H32N3/c1-3-11-34(12-4-1)43-30-51-46-27-36(23-24-38(46)29-47(51)41-17-9-7-15-39(41)43)32-19-21-33(22-20-32)37-25-26-45-48(28-37)52-31-44(35-13-5-2-6-14-35)40-16-8-10-18-42(40)49(52)50-45/h1-28,30-31H,29H2/q+1. The molecule has 242 valence electrons. The molecule has 0 N–H and O–H groups in total. The summed E-state index contributed by atoms with van der Waals surface area (Å²) < 4.78 is 4.69. The number of pyridine rings is 2. The van der Waals surface area contributed by atoms with Crippen LogP contribution in [0, 0.1) is 0 Å². The lowest BCUT2D eigenvalue weighted by molar-refractivity contribution is -0.595. The maximum absolute atomic E-state index is 5.11. The van der Waals surface area contributed by atoms with Crippen molar-refractivity contribution in [3.63, 3.8) is 0 Å². The van der Waals surface area contributed by atoms with Crippen molar-refractivity contribution in [3.8, 4) is 50.2 Å². The SMILES string of the molecule is c1ccc(-c2c[n+]3c(c4ccccc24)Cc2ccc(-c4ccc(-c5ccc6nc7c8ccccc8c(-c8ccccc8)cn7c6c5)cc4)cc2-3)cc1. The van der Waals surface area contributed by atoms with Crippen LogP contribution in [-0.4, -0.2) is 9.38 Å². The van der Waals surface area contributed by atoms with E-state index in [0.29, 0.717) is 0 Å². The summed E-state index contributed by atoms with van der Waals surface area (Å²) in [4.78, 5) is 5.11. The summed E-state index contributed by atoms with van der Waals surface area (Å²) in [5, 5.41) is 4.99. The van der Waals surface area contributed by atoms with E-state index in [0.717, 1.165) is 28.5 Å². The fourth-order valence-corrected chi connectivity index (χ4v) is 8.32. The van der Waals surface area contributed by atoms with Gasteiger partial charge in [-0.3, -0.25) is 4.40 Å².